The molecule has 0 aliphatic carbocycles. The monoisotopic (exact) mass is 360 g/mol. The van der Waals surface area contributed by atoms with E-state index < -0.39 is 0 Å². The molecule has 2 aromatic rings. The summed E-state index contributed by atoms with van der Waals surface area (Å²) in [6.45, 7) is 4.00. The molecule has 1 saturated heterocycles. The fraction of sp³-hybridized carbons (Fsp3) is 0.312. The third-order valence-electron chi connectivity index (χ3n) is 3.72. The van der Waals surface area contributed by atoms with Crippen LogP contribution in [-0.4, -0.2) is 29.0 Å². The van der Waals surface area contributed by atoms with Crippen molar-refractivity contribution < 1.29 is 4.79 Å². The van der Waals surface area contributed by atoms with Crippen molar-refractivity contribution in [2.45, 2.75) is 19.8 Å². The van der Waals surface area contributed by atoms with E-state index in [4.69, 9.17) is 0 Å². The lowest BCUT2D eigenvalue weighted by Gasteiger charge is -2.15. The van der Waals surface area contributed by atoms with Crippen LogP contribution in [0.3, 0.4) is 0 Å². The molecule has 1 aliphatic heterocycles. The molecule has 0 bridgehead atoms. The van der Waals surface area contributed by atoms with E-state index in [1.54, 1.807) is 6.20 Å². The van der Waals surface area contributed by atoms with Gasteiger partial charge in [-0.3, -0.25) is 4.79 Å². The van der Waals surface area contributed by atoms with Crippen LogP contribution in [0.2, 0.25) is 0 Å². The summed E-state index contributed by atoms with van der Waals surface area (Å²) in [7, 11) is 0. The van der Waals surface area contributed by atoms with Gasteiger partial charge in [-0.15, -0.1) is 0 Å². The van der Waals surface area contributed by atoms with Crippen LogP contribution in [-0.2, 0) is 0 Å². The number of aryl methyl sites for hydroxylation is 1. The summed E-state index contributed by atoms with van der Waals surface area (Å²) >= 11 is 3.44. The van der Waals surface area contributed by atoms with Crippen molar-refractivity contribution >= 4 is 33.3 Å². The number of nitrogens with zero attached hydrogens (tertiary/aromatic N) is 3. The summed E-state index contributed by atoms with van der Waals surface area (Å²) in [5.41, 5.74) is 2.13. The predicted octanol–water partition coefficient (Wildman–Crippen LogP) is 3.40. The van der Waals surface area contributed by atoms with E-state index in [9.17, 15) is 4.79 Å². The van der Waals surface area contributed by atoms with Crippen LogP contribution in [0.1, 0.15) is 28.9 Å². The van der Waals surface area contributed by atoms with Gasteiger partial charge >= 0.3 is 0 Å². The molecule has 3 rings (SSSR count). The maximum atomic E-state index is 12.2. The number of aromatic nitrogens is 2. The maximum absolute atomic E-state index is 12.2. The Bertz CT molecular complexity index is 681. The Labute approximate surface area is 137 Å². The zero-order chi connectivity index (χ0) is 15.5. The molecule has 0 atom stereocenters. The van der Waals surface area contributed by atoms with Gasteiger partial charge in [0.2, 0.25) is 0 Å². The van der Waals surface area contributed by atoms with Gasteiger partial charge < -0.3 is 10.2 Å². The quantitative estimate of drug-likeness (QED) is 0.911. The minimum absolute atomic E-state index is 0.248. The molecule has 5 nitrogen and oxygen atoms in total. The molecule has 1 aromatic heterocycles. The standard InChI is InChI=1S/C16H17BrN4O/c1-11-8-12(4-5-13(11)17)20-16(22)14-9-19-15(10-18-14)21-6-2-3-7-21/h4-5,8-10H,2-3,6-7H2,1H3,(H,20,22). The molecule has 0 unspecified atom stereocenters. The number of hydrogen-bond acceptors (Lipinski definition) is 4. The Morgan fingerprint density at radius 1 is 1.23 bits per heavy atom. The highest BCUT2D eigenvalue weighted by atomic mass is 79.9. The van der Waals surface area contributed by atoms with Crippen molar-refractivity contribution in [2.75, 3.05) is 23.3 Å². The fourth-order valence-electron chi connectivity index (χ4n) is 2.47. The first-order valence-corrected chi connectivity index (χ1v) is 8.07. The first-order chi connectivity index (χ1) is 10.6. The van der Waals surface area contributed by atoms with Crippen LogP contribution in [0, 0.1) is 6.92 Å². The van der Waals surface area contributed by atoms with Gasteiger partial charge in [-0.25, -0.2) is 9.97 Å². The van der Waals surface area contributed by atoms with Crippen LogP contribution in [0.4, 0.5) is 11.5 Å². The van der Waals surface area contributed by atoms with E-state index in [0.717, 1.165) is 34.6 Å². The lowest BCUT2D eigenvalue weighted by Crippen LogP contribution is -2.20. The highest BCUT2D eigenvalue weighted by Gasteiger charge is 2.15. The van der Waals surface area contributed by atoms with E-state index in [0.29, 0.717) is 5.69 Å². The number of carbonyl (C=O) groups is 1. The third-order valence-corrected chi connectivity index (χ3v) is 4.61. The van der Waals surface area contributed by atoms with Gasteiger partial charge in [-0.1, -0.05) is 15.9 Å². The number of carbonyl (C=O) groups excluding carboxylic acids is 1. The Hall–Kier alpha value is -1.95. The topological polar surface area (TPSA) is 58.1 Å². The SMILES string of the molecule is Cc1cc(NC(=O)c2cnc(N3CCCC3)cn2)ccc1Br. The third kappa shape index (κ3) is 3.27. The van der Waals surface area contributed by atoms with Crippen molar-refractivity contribution in [1.29, 1.82) is 0 Å². The second-order valence-electron chi connectivity index (χ2n) is 5.37. The minimum atomic E-state index is -0.248. The second-order valence-corrected chi connectivity index (χ2v) is 6.23. The van der Waals surface area contributed by atoms with Gasteiger partial charge in [0.1, 0.15) is 11.5 Å². The number of nitrogens with one attached hydrogen (secondary N) is 1. The lowest BCUT2D eigenvalue weighted by atomic mass is 10.2. The number of benzene rings is 1. The maximum Gasteiger partial charge on any atom is 0.275 e. The minimum Gasteiger partial charge on any atom is -0.355 e. The highest BCUT2D eigenvalue weighted by molar-refractivity contribution is 9.10. The molecule has 6 heteroatoms. The van der Waals surface area contributed by atoms with Crippen LogP contribution in [0.5, 0.6) is 0 Å². The van der Waals surface area contributed by atoms with Crippen molar-refractivity contribution in [3.8, 4) is 0 Å². The molecule has 114 valence electrons. The van der Waals surface area contributed by atoms with Crippen LogP contribution in [0.15, 0.2) is 35.1 Å². The van der Waals surface area contributed by atoms with Crippen molar-refractivity contribution in [2.24, 2.45) is 0 Å². The van der Waals surface area contributed by atoms with Gasteiger partial charge in [0.05, 0.1) is 12.4 Å². The fourth-order valence-corrected chi connectivity index (χ4v) is 2.71. The second kappa shape index (κ2) is 6.44. The molecule has 0 spiro atoms. The molecule has 1 aliphatic rings. The zero-order valence-electron chi connectivity index (χ0n) is 12.3. The van der Waals surface area contributed by atoms with Crippen molar-refractivity contribution in [1.82, 2.24) is 9.97 Å². The highest BCUT2D eigenvalue weighted by Crippen LogP contribution is 2.20. The molecular weight excluding hydrogens is 344 g/mol. The largest absolute Gasteiger partial charge is 0.355 e. The van der Waals surface area contributed by atoms with E-state index in [-0.39, 0.29) is 5.91 Å². The summed E-state index contributed by atoms with van der Waals surface area (Å²) in [5.74, 6) is 0.593. The Kier molecular flexibility index (Phi) is 4.38. The summed E-state index contributed by atoms with van der Waals surface area (Å²) in [6.07, 6.45) is 5.58. The number of halogens is 1. The molecule has 0 radical (unpaired) electrons. The molecule has 2 heterocycles. The molecule has 22 heavy (non-hydrogen) atoms. The molecule has 1 aromatic carbocycles. The summed E-state index contributed by atoms with van der Waals surface area (Å²) in [4.78, 5) is 23.0. The van der Waals surface area contributed by atoms with E-state index in [1.807, 2.05) is 25.1 Å². The Balaban J connectivity index is 1.70. The smallest absolute Gasteiger partial charge is 0.275 e. The summed E-state index contributed by atoms with van der Waals surface area (Å²) in [5, 5.41) is 2.84. The average Bonchev–Trinajstić information content (AvgIpc) is 3.05. The van der Waals surface area contributed by atoms with Crippen molar-refractivity contribution in [3.05, 3.63) is 46.3 Å². The number of amides is 1. The van der Waals surface area contributed by atoms with Gasteiger partial charge in [0.15, 0.2) is 0 Å². The first-order valence-electron chi connectivity index (χ1n) is 7.28. The Morgan fingerprint density at radius 2 is 2.00 bits per heavy atom. The van der Waals surface area contributed by atoms with Gasteiger partial charge in [-0.2, -0.15) is 0 Å². The van der Waals surface area contributed by atoms with Gasteiger partial charge in [-0.05, 0) is 43.5 Å². The van der Waals surface area contributed by atoms with Crippen molar-refractivity contribution in [3.63, 3.8) is 0 Å². The summed E-state index contributed by atoms with van der Waals surface area (Å²) < 4.78 is 1.01. The molecule has 1 amide bonds. The number of rotatable bonds is 3. The normalized spacial score (nSPS) is 14.2. The van der Waals surface area contributed by atoms with Crippen LogP contribution >= 0.6 is 15.9 Å². The summed E-state index contributed by atoms with van der Waals surface area (Å²) in [6, 6.07) is 5.67. The predicted molar refractivity (Wildman–Crippen MR) is 90.3 cm³/mol. The number of hydrogen-bond donors (Lipinski definition) is 1. The number of anilines is 2. The lowest BCUT2D eigenvalue weighted by molar-refractivity contribution is 0.102. The van der Waals surface area contributed by atoms with Crippen LogP contribution < -0.4 is 10.2 Å². The Morgan fingerprint density at radius 3 is 2.64 bits per heavy atom. The van der Waals surface area contributed by atoms with Gasteiger partial charge in [0.25, 0.3) is 5.91 Å². The molecule has 0 saturated carbocycles. The van der Waals surface area contributed by atoms with E-state index in [1.165, 1.54) is 19.0 Å². The van der Waals surface area contributed by atoms with Gasteiger partial charge in [0, 0.05) is 23.2 Å². The average molecular weight is 361 g/mol. The first kappa shape index (κ1) is 15.0. The zero-order valence-corrected chi connectivity index (χ0v) is 13.9. The van der Waals surface area contributed by atoms with E-state index >= 15 is 0 Å². The molecule has 1 N–H and O–H groups in total. The molecule has 1 fully saturated rings. The van der Waals surface area contributed by atoms with E-state index in [2.05, 4.69) is 36.1 Å². The molecular formula is C16H17BrN4O. The van der Waals surface area contributed by atoms with Crippen LogP contribution in [0.25, 0.3) is 0 Å².